The maximum absolute atomic E-state index is 14.1. The molecule has 2 bridgehead atoms. The quantitative estimate of drug-likeness (QED) is 0.269. The summed E-state index contributed by atoms with van der Waals surface area (Å²) in [6, 6.07) is 14.3. The minimum Gasteiger partial charge on any atom is -0.496 e. The fourth-order valence-electron chi connectivity index (χ4n) is 8.09. The summed E-state index contributed by atoms with van der Waals surface area (Å²) in [7, 11) is 6.21. The predicted octanol–water partition coefficient (Wildman–Crippen LogP) is 6.47. The molecule has 2 aromatic rings. The fraction of sp³-hybridized carbons (Fsp3) is 0.500. The molecule has 4 aliphatic rings. The number of rotatable bonds is 10. The lowest BCUT2D eigenvalue weighted by Crippen LogP contribution is -2.56. The number of aryl methyl sites for hydroxylation is 1. The van der Waals surface area contributed by atoms with Gasteiger partial charge in [-0.15, -0.1) is 0 Å². The van der Waals surface area contributed by atoms with Gasteiger partial charge in [-0.2, -0.15) is 0 Å². The van der Waals surface area contributed by atoms with E-state index in [1.807, 2.05) is 29.2 Å². The van der Waals surface area contributed by atoms with Crippen LogP contribution in [0.5, 0.6) is 5.75 Å². The van der Waals surface area contributed by atoms with Crippen molar-refractivity contribution in [3.05, 3.63) is 86.5 Å². The first kappa shape index (κ1) is 37.8. The molecule has 3 fully saturated rings. The summed E-state index contributed by atoms with van der Waals surface area (Å²) in [5.41, 5.74) is 1.94. The summed E-state index contributed by atoms with van der Waals surface area (Å²) in [6.07, 6.45) is 3.41. The molecule has 2 aromatic carbocycles. The largest absolute Gasteiger partial charge is 0.513 e. The summed E-state index contributed by atoms with van der Waals surface area (Å²) in [5, 5.41) is 3.77. The van der Waals surface area contributed by atoms with E-state index in [4.69, 9.17) is 46.9 Å². The first-order chi connectivity index (χ1) is 25.1. The molecule has 1 amide bonds. The van der Waals surface area contributed by atoms with Gasteiger partial charge in [-0.3, -0.25) is 9.69 Å². The zero-order chi connectivity index (χ0) is 36.9. The first-order valence-electron chi connectivity index (χ1n) is 17.7. The van der Waals surface area contributed by atoms with Crippen LogP contribution in [-0.2, 0) is 30.2 Å². The van der Waals surface area contributed by atoms with Gasteiger partial charge in [-0.05, 0) is 69.3 Å². The molecule has 12 nitrogen and oxygen atoms in total. The molecule has 0 spiro atoms. The highest BCUT2D eigenvalue weighted by molar-refractivity contribution is 6.36. The number of carbonyl (C=O) groups is 3. The number of methoxy groups -OCH3 is 3. The fourth-order valence-corrected chi connectivity index (χ4v) is 8.71. The number of nitrogens with one attached hydrogen (secondary N) is 1. The van der Waals surface area contributed by atoms with Gasteiger partial charge in [0.2, 0.25) is 5.91 Å². The minimum absolute atomic E-state index is 0.0319. The molecular formula is C38H46Cl2N4O8. The van der Waals surface area contributed by atoms with E-state index in [-0.39, 0.29) is 39.6 Å². The standard InChI is InChI=1S/C38H46Cl2N4O8/c1-42-24-13-14-25(42)21-26(20-24)43-16-18-44(19-17-43)32(45)22-30-36(52-38(47)50-4)34(33-27(39)9-7-10-28(33)40)35(51-37(46)49-3)29(41-30)15-12-23-8-5-6-11-31(23)48-2/h5-11,24-26,34,41H,12-22H2,1-4H3. The number of ether oxygens (including phenoxy) is 5. The number of carbonyl (C=O) groups excluding carboxylic acids is 3. The number of allylic oxidation sites excluding steroid dienone is 1. The number of piperazine rings is 1. The normalized spacial score (nSPS) is 23.6. The van der Waals surface area contributed by atoms with Crippen LogP contribution < -0.4 is 10.1 Å². The van der Waals surface area contributed by atoms with Crippen molar-refractivity contribution < 1.29 is 38.1 Å². The Morgan fingerprint density at radius 2 is 1.37 bits per heavy atom. The van der Waals surface area contributed by atoms with Gasteiger partial charge in [-0.1, -0.05) is 47.5 Å². The van der Waals surface area contributed by atoms with Crippen LogP contribution in [0.15, 0.2) is 65.4 Å². The summed E-state index contributed by atoms with van der Waals surface area (Å²) in [5.74, 6) is -0.578. The number of halogens is 2. The third kappa shape index (κ3) is 8.15. The highest BCUT2D eigenvalue weighted by Crippen LogP contribution is 2.46. The summed E-state index contributed by atoms with van der Waals surface area (Å²) >= 11 is 13.6. The molecule has 4 aliphatic heterocycles. The highest BCUT2D eigenvalue weighted by Gasteiger charge is 2.43. The number of fused-ring (bicyclic) bond motifs is 2. The molecular weight excluding hydrogens is 711 g/mol. The second-order valence-electron chi connectivity index (χ2n) is 13.6. The summed E-state index contributed by atoms with van der Waals surface area (Å²) in [6.45, 7) is 2.73. The van der Waals surface area contributed by atoms with Crippen LogP contribution in [-0.4, -0.2) is 106 Å². The van der Waals surface area contributed by atoms with Gasteiger partial charge in [0, 0.05) is 59.9 Å². The van der Waals surface area contributed by atoms with E-state index in [9.17, 15) is 14.4 Å². The monoisotopic (exact) mass is 756 g/mol. The summed E-state index contributed by atoms with van der Waals surface area (Å²) in [4.78, 5) is 46.7. The Balaban J connectivity index is 1.32. The van der Waals surface area contributed by atoms with E-state index in [1.54, 1.807) is 25.3 Å². The van der Waals surface area contributed by atoms with Gasteiger partial charge in [0.25, 0.3) is 0 Å². The van der Waals surface area contributed by atoms with Crippen molar-refractivity contribution in [2.75, 3.05) is 54.6 Å². The zero-order valence-electron chi connectivity index (χ0n) is 30.0. The van der Waals surface area contributed by atoms with E-state index in [1.165, 1.54) is 27.1 Å². The SMILES string of the molecule is COC(=O)OC1=C(CCc2ccccc2OC)NC(CC(=O)N2CCN(C3CC4CCC(C3)N4C)CC2)=C(OC(=O)OC)C1c1c(Cl)cccc1Cl. The Kier molecular flexibility index (Phi) is 12.2. The molecule has 3 unspecified atom stereocenters. The lowest BCUT2D eigenvalue weighted by Gasteiger charge is -2.45. The van der Waals surface area contributed by atoms with E-state index in [2.05, 4.69) is 22.2 Å². The minimum atomic E-state index is -1.13. The van der Waals surface area contributed by atoms with Crippen LogP contribution in [0.1, 0.15) is 55.6 Å². The van der Waals surface area contributed by atoms with Crippen molar-refractivity contribution in [3.63, 3.8) is 0 Å². The molecule has 1 N–H and O–H groups in total. The molecule has 3 saturated heterocycles. The molecule has 0 saturated carbocycles. The predicted molar refractivity (Wildman–Crippen MR) is 195 cm³/mol. The van der Waals surface area contributed by atoms with Crippen LogP contribution >= 0.6 is 23.2 Å². The smallest absolute Gasteiger partial charge is 0.496 e. The molecule has 6 rings (SSSR count). The van der Waals surface area contributed by atoms with Gasteiger partial charge in [0.05, 0.1) is 39.1 Å². The lowest BCUT2D eigenvalue weighted by atomic mass is 9.88. The Hall–Kier alpha value is -3.97. The number of benzene rings is 2. The van der Waals surface area contributed by atoms with Crippen LogP contribution in [0.25, 0.3) is 0 Å². The van der Waals surface area contributed by atoms with E-state index < -0.39 is 18.2 Å². The molecule has 280 valence electrons. The van der Waals surface area contributed by atoms with Crippen molar-refractivity contribution in [1.82, 2.24) is 20.0 Å². The Labute approximate surface area is 314 Å². The lowest BCUT2D eigenvalue weighted by molar-refractivity contribution is -0.133. The number of nitrogens with zero attached hydrogens (tertiary/aromatic N) is 3. The van der Waals surface area contributed by atoms with E-state index in [0.29, 0.717) is 61.1 Å². The second-order valence-corrected chi connectivity index (χ2v) is 14.4. The average molecular weight is 758 g/mol. The van der Waals surface area contributed by atoms with E-state index >= 15 is 0 Å². The zero-order valence-corrected chi connectivity index (χ0v) is 31.5. The highest BCUT2D eigenvalue weighted by atomic mass is 35.5. The molecule has 14 heteroatoms. The molecule has 0 aliphatic carbocycles. The van der Waals surface area contributed by atoms with Crippen molar-refractivity contribution in [1.29, 1.82) is 0 Å². The number of hydrogen-bond acceptors (Lipinski definition) is 11. The van der Waals surface area contributed by atoms with Crippen LogP contribution in [0.3, 0.4) is 0 Å². The molecule has 0 radical (unpaired) electrons. The molecule has 4 heterocycles. The number of amides is 1. The number of para-hydroxylation sites is 1. The second kappa shape index (κ2) is 16.8. The molecule has 3 atom stereocenters. The number of piperidine rings is 1. The Bertz CT molecular complexity index is 1690. The molecule has 0 aromatic heterocycles. The van der Waals surface area contributed by atoms with Gasteiger partial charge < -0.3 is 38.8 Å². The molecule has 52 heavy (non-hydrogen) atoms. The maximum Gasteiger partial charge on any atom is 0.513 e. The van der Waals surface area contributed by atoms with Crippen molar-refractivity contribution >= 4 is 41.4 Å². The van der Waals surface area contributed by atoms with E-state index in [0.717, 1.165) is 31.5 Å². The van der Waals surface area contributed by atoms with Crippen molar-refractivity contribution in [3.8, 4) is 5.75 Å². The first-order valence-corrected chi connectivity index (χ1v) is 18.4. The van der Waals surface area contributed by atoms with Crippen molar-refractivity contribution in [2.24, 2.45) is 0 Å². The maximum atomic E-state index is 14.1. The average Bonchev–Trinajstić information content (AvgIpc) is 3.34. The van der Waals surface area contributed by atoms with Gasteiger partial charge in [-0.25, -0.2) is 9.59 Å². The van der Waals surface area contributed by atoms with Crippen molar-refractivity contribution in [2.45, 2.75) is 69.0 Å². The number of dihydropyridines is 1. The van der Waals surface area contributed by atoms with Crippen LogP contribution in [0.2, 0.25) is 10.0 Å². The Morgan fingerprint density at radius 1 is 0.769 bits per heavy atom. The van der Waals surface area contributed by atoms with Crippen LogP contribution in [0, 0.1) is 0 Å². The third-order valence-corrected chi connectivity index (χ3v) is 11.5. The third-order valence-electron chi connectivity index (χ3n) is 10.9. The Morgan fingerprint density at radius 3 is 1.96 bits per heavy atom. The van der Waals surface area contributed by atoms with Gasteiger partial charge in [0.1, 0.15) is 23.2 Å². The van der Waals surface area contributed by atoms with Crippen LogP contribution in [0.4, 0.5) is 9.59 Å². The van der Waals surface area contributed by atoms with Gasteiger partial charge >= 0.3 is 12.3 Å². The van der Waals surface area contributed by atoms with Gasteiger partial charge in [0.15, 0.2) is 0 Å². The topological polar surface area (TPSA) is 119 Å². The number of hydrogen-bond donors (Lipinski definition) is 1. The summed E-state index contributed by atoms with van der Waals surface area (Å²) < 4.78 is 27.0.